The molecule has 1 amide bonds. The number of nitrogens with two attached hydrogens (primary N) is 1. The minimum Gasteiger partial charge on any atom is -0.396 e. The molecule has 0 aliphatic rings. The van der Waals surface area contributed by atoms with Gasteiger partial charge in [-0.2, -0.15) is 10.4 Å². The zero-order valence-corrected chi connectivity index (χ0v) is 11.1. The lowest BCUT2D eigenvalue weighted by Crippen LogP contribution is -2.24. The molecule has 20 heavy (non-hydrogen) atoms. The number of aromatic nitrogens is 2. The third-order valence-corrected chi connectivity index (χ3v) is 2.87. The van der Waals surface area contributed by atoms with Crippen LogP contribution in [0.5, 0.6) is 0 Å². The predicted octanol–water partition coefficient (Wildman–Crippen LogP) is 1.29. The number of hydrogen-bond donors (Lipinski definition) is 2. The van der Waals surface area contributed by atoms with E-state index >= 15 is 0 Å². The Balaban J connectivity index is 2.00. The van der Waals surface area contributed by atoms with Gasteiger partial charge in [0.1, 0.15) is 0 Å². The van der Waals surface area contributed by atoms with Gasteiger partial charge in [0.15, 0.2) is 5.69 Å². The second-order valence-corrected chi connectivity index (χ2v) is 4.28. The fourth-order valence-electron chi connectivity index (χ4n) is 1.74. The average Bonchev–Trinajstić information content (AvgIpc) is 2.86. The van der Waals surface area contributed by atoms with Gasteiger partial charge in [0, 0.05) is 19.3 Å². The van der Waals surface area contributed by atoms with Crippen LogP contribution in [-0.4, -0.2) is 15.7 Å². The van der Waals surface area contributed by atoms with Crippen molar-refractivity contribution in [1.29, 1.82) is 5.26 Å². The first-order chi connectivity index (χ1) is 9.63. The summed E-state index contributed by atoms with van der Waals surface area (Å²) in [6.07, 6.45) is 1.64. The molecule has 0 saturated carbocycles. The molecule has 2 rings (SSSR count). The lowest BCUT2D eigenvalue weighted by atomic mass is 10.1. The number of carbonyl (C=O) groups excluding carboxylic acids is 1. The summed E-state index contributed by atoms with van der Waals surface area (Å²) in [6.45, 7) is 2.95. The minimum absolute atomic E-state index is 0.237. The maximum Gasteiger partial charge on any atom is 0.274 e. The lowest BCUT2D eigenvalue weighted by Gasteiger charge is -2.04. The summed E-state index contributed by atoms with van der Waals surface area (Å²) in [6, 6.07) is 9.06. The monoisotopic (exact) mass is 269 g/mol. The maximum absolute atomic E-state index is 12.0. The number of anilines is 1. The van der Waals surface area contributed by atoms with Crippen LogP contribution in [0.25, 0.3) is 0 Å². The Hall–Kier alpha value is -2.81. The van der Waals surface area contributed by atoms with E-state index in [2.05, 4.69) is 10.4 Å². The topological polar surface area (TPSA) is 96.7 Å². The van der Waals surface area contributed by atoms with E-state index in [1.54, 1.807) is 35.1 Å². The van der Waals surface area contributed by atoms with Crippen LogP contribution in [0.2, 0.25) is 0 Å². The lowest BCUT2D eigenvalue weighted by molar-refractivity contribution is 0.0946. The Labute approximate surface area is 116 Å². The predicted molar refractivity (Wildman–Crippen MR) is 74.6 cm³/mol. The number of amides is 1. The van der Waals surface area contributed by atoms with Crippen molar-refractivity contribution >= 4 is 11.6 Å². The van der Waals surface area contributed by atoms with E-state index < -0.39 is 0 Å². The summed E-state index contributed by atoms with van der Waals surface area (Å²) in [7, 11) is 0. The van der Waals surface area contributed by atoms with Gasteiger partial charge in [0.05, 0.1) is 17.3 Å². The van der Waals surface area contributed by atoms with E-state index in [1.807, 2.05) is 13.0 Å². The Morgan fingerprint density at radius 1 is 1.45 bits per heavy atom. The van der Waals surface area contributed by atoms with Crippen LogP contribution in [0.3, 0.4) is 0 Å². The first-order valence-electron chi connectivity index (χ1n) is 6.24. The molecular weight excluding hydrogens is 254 g/mol. The SMILES string of the molecule is CCn1cc(N)c(C(=O)NCc2ccc(C#N)cc2)n1. The van der Waals surface area contributed by atoms with E-state index in [4.69, 9.17) is 11.0 Å². The Morgan fingerprint density at radius 2 is 2.15 bits per heavy atom. The molecule has 0 aliphatic carbocycles. The molecule has 1 aromatic carbocycles. The molecule has 1 heterocycles. The van der Waals surface area contributed by atoms with Crippen molar-refractivity contribution in [3.63, 3.8) is 0 Å². The van der Waals surface area contributed by atoms with Crippen molar-refractivity contribution in [2.45, 2.75) is 20.0 Å². The number of benzene rings is 1. The number of aryl methyl sites for hydroxylation is 1. The molecule has 2 aromatic rings. The van der Waals surface area contributed by atoms with E-state index in [-0.39, 0.29) is 11.6 Å². The molecule has 0 aliphatic heterocycles. The molecule has 102 valence electrons. The highest BCUT2D eigenvalue weighted by molar-refractivity contribution is 5.96. The summed E-state index contributed by atoms with van der Waals surface area (Å²) in [4.78, 5) is 12.0. The van der Waals surface area contributed by atoms with E-state index in [0.717, 1.165) is 5.56 Å². The zero-order chi connectivity index (χ0) is 14.5. The van der Waals surface area contributed by atoms with Crippen molar-refractivity contribution in [3.8, 4) is 6.07 Å². The first-order valence-corrected chi connectivity index (χ1v) is 6.24. The second kappa shape index (κ2) is 5.89. The normalized spacial score (nSPS) is 10.0. The van der Waals surface area contributed by atoms with Crippen LogP contribution in [0.4, 0.5) is 5.69 Å². The van der Waals surface area contributed by atoms with Crippen LogP contribution in [0.15, 0.2) is 30.5 Å². The molecule has 0 radical (unpaired) electrons. The summed E-state index contributed by atoms with van der Waals surface area (Å²) >= 11 is 0. The molecule has 0 atom stereocenters. The van der Waals surface area contributed by atoms with E-state index in [1.165, 1.54) is 0 Å². The third kappa shape index (κ3) is 2.95. The van der Waals surface area contributed by atoms with Crippen molar-refractivity contribution in [2.75, 3.05) is 5.73 Å². The molecule has 3 N–H and O–H groups in total. The van der Waals surface area contributed by atoms with E-state index in [9.17, 15) is 4.79 Å². The van der Waals surface area contributed by atoms with Crippen molar-refractivity contribution in [3.05, 3.63) is 47.3 Å². The smallest absolute Gasteiger partial charge is 0.274 e. The van der Waals surface area contributed by atoms with Crippen molar-refractivity contribution in [1.82, 2.24) is 15.1 Å². The van der Waals surface area contributed by atoms with E-state index in [0.29, 0.717) is 24.3 Å². The molecule has 6 nitrogen and oxygen atoms in total. The summed E-state index contributed by atoms with van der Waals surface area (Å²) < 4.78 is 1.62. The van der Waals surface area contributed by atoms with Crippen molar-refractivity contribution < 1.29 is 4.79 Å². The van der Waals surface area contributed by atoms with Gasteiger partial charge in [0.2, 0.25) is 0 Å². The van der Waals surface area contributed by atoms with Crippen LogP contribution < -0.4 is 11.1 Å². The van der Waals surface area contributed by atoms with Gasteiger partial charge in [-0.05, 0) is 24.6 Å². The van der Waals surface area contributed by atoms with Crippen LogP contribution in [-0.2, 0) is 13.1 Å². The van der Waals surface area contributed by atoms with Crippen molar-refractivity contribution in [2.24, 2.45) is 0 Å². The van der Waals surface area contributed by atoms with Gasteiger partial charge >= 0.3 is 0 Å². The summed E-state index contributed by atoms with van der Waals surface area (Å²) in [5.74, 6) is -0.306. The number of nitrogens with zero attached hydrogens (tertiary/aromatic N) is 3. The highest BCUT2D eigenvalue weighted by Crippen LogP contribution is 2.09. The Bertz CT molecular complexity index is 651. The third-order valence-electron chi connectivity index (χ3n) is 2.87. The molecule has 0 spiro atoms. The molecule has 0 fully saturated rings. The van der Waals surface area contributed by atoms with Gasteiger partial charge in [-0.25, -0.2) is 0 Å². The summed E-state index contributed by atoms with van der Waals surface area (Å²) in [5, 5.41) is 15.6. The second-order valence-electron chi connectivity index (χ2n) is 4.28. The molecule has 0 bridgehead atoms. The number of hydrogen-bond acceptors (Lipinski definition) is 4. The van der Waals surface area contributed by atoms with Gasteiger partial charge in [-0.1, -0.05) is 12.1 Å². The largest absolute Gasteiger partial charge is 0.396 e. The Kier molecular flexibility index (Phi) is 4.01. The molecule has 1 aromatic heterocycles. The number of rotatable bonds is 4. The maximum atomic E-state index is 12.0. The number of carbonyl (C=O) groups is 1. The van der Waals surface area contributed by atoms with Crippen LogP contribution >= 0.6 is 0 Å². The summed E-state index contributed by atoms with van der Waals surface area (Å²) in [5.41, 5.74) is 7.84. The number of nitrogens with one attached hydrogen (secondary N) is 1. The number of nitrogen functional groups attached to an aromatic ring is 1. The van der Waals surface area contributed by atoms with Gasteiger partial charge in [-0.3, -0.25) is 9.48 Å². The molecular formula is C14H15N5O. The van der Waals surface area contributed by atoms with Gasteiger partial charge < -0.3 is 11.1 Å². The highest BCUT2D eigenvalue weighted by Gasteiger charge is 2.13. The first kappa shape index (κ1) is 13.6. The average molecular weight is 269 g/mol. The fourth-order valence-corrected chi connectivity index (χ4v) is 1.74. The quantitative estimate of drug-likeness (QED) is 0.873. The van der Waals surface area contributed by atoms with Crippen LogP contribution in [0, 0.1) is 11.3 Å². The minimum atomic E-state index is -0.306. The van der Waals surface area contributed by atoms with Gasteiger partial charge in [-0.15, -0.1) is 0 Å². The number of nitriles is 1. The Morgan fingerprint density at radius 3 is 2.70 bits per heavy atom. The van der Waals surface area contributed by atoms with Gasteiger partial charge in [0.25, 0.3) is 5.91 Å². The highest BCUT2D eigenvalue weighted by atomic mass is 16.1. The standard InChI is InChI=1S/C14H15N5O/c1-2-19-9-12(16)13(18-19)14(20)17-8-11-5-3-10(7-15)4-6-11/h3-6,9H,2,8,16H2,1H3,(H,17,20). The molecule has 0 unspecified atom stereocenters. The zero-order valence-electron chi connectivity index (χ0n) is 11.1. The molecule has 6 heteroatoms. The van der Waals surface area contributed by atoms with Crippen LogP contribution in [0.1, 0.15) is 28.5 Å². The molecule has 0 saturated heterocycles. The fraction of sp³-hybridized carbons (Fsp3) is 0.214.